The van der Waals surface area contributed by atoms with Gasteiger partial charge in [0.15, 0.2) is 0 Å². The minimum Gasteiger partial charge on any atom is -0.376 e. The molecule has 0 amide bonds. The summed E-state index contributed by atoms with van der Waals surface area (Å²) in [6, 6.07) is 0.290. The van der Waals surface area contributed by atoms with E-state index in [9.17, 15) is 0 Å². The van der Waals surface area contributed by atoms with E-state index in [0.29, 0.717) is 12.0 Å². The fourth-order valence-electron chi connectivity index (χ4n) is 2.47. The summed E-state index contributed by atoms with van der Waals surface area (Å²) < 4.78 is 5.66. The third-order valence-electron chi connectivity index (χ3n) is 3.38. The Morgan fingerprint density at radius 1 is 1.47 bits per heavy atom. The molecule has 2 N–H and O–H groups in total. The van der Waals surface area contributed by atoms with E-state index in [1.54, 1.807) is 0 Å². The van der Waals surface area contributed by atoms with E-state index >= 15 is 0 Å². The molecule has 3 atom stereocenters. The van der Waals surface area contributed by atoms with Gasteiger partial charge in [-0.25, -0.2) is 0 Å². The number of morpholine rings is 1. The Kier molecular flexibility index (Phi) is 3.78. The molecular weight excluding hydrogens is 188 g/mol. The SMILES string of the molecule is CCC1CN(CC2C=CC(N)C2)CCO1. The number of nitrogens with zero attached hydrogens (tertiary/aromatic N) is 1. The highest BCUT2D eigenvalue weighted by atomic mass is 16.5. The molecule has 15 heavy (non-hydrogen) atoms. The van der Waals surface area contributed by atoms with Gasteiger partial charge < -0.3 is 10.5 Å². The van der Waals surface area contributed by atoms with Gasteiger partial charge in [0.05, 0.1) is 12.7 Å². The maximum absolute atomic E-state index is 5.85. The third-order valence-corrected chi connectivity index (χ3v) is 3.38. The van der Waals surface area contributed by atoms with Crippen LogP contribution in [0.4, 0.5) is 0 Å². The van der Waals surface area contributed by atoms with E-state index in [0.717, 1.165) is 39.1 Å². The molecule has 0 aromatic heterocycles. The lowest BCUT2D eigenvalue weighted by Gasteiger charge is -2.33. The Morgan fingerprint density at radius 3 is 3.00 bits per heavy atom. The largest absolute Gasteiger partial charge is 0.376 e. The molecule has 1 saturated heterocycles. The molecule has 0 aromatic rings. The number of hydrogen-bond donors (Lipinski definition) is 1. The maximum Gasteiger partial charge on any atom is 0.0700 e. The van der Waals surface area contributed by atoms with Crippen LogP contribution in [0.15, 0.2) is 12.2 Å². The van der Waals surface area contributed by atoms with Gasteiger partial charge in [-0.15, -0.1) is 0 Å². The number of hydrogen-bond acceptors (Lipinski definition) is 3. The predicted octanol–water partition coefficient (Wildman–Crippen LogP) is 1.00. The van der Waals surface area contributed by atoms with Crippen LogP contribution in [0, 0.1) is 5.92 Å². The van der Waals surface area contributed by atoms with Crippen LogP contribution in [0.1, 0.15) is 19.8 Å². The quantitative estimate of drug-likeness (QED) is 0.706. The molecule has 1 fully saturated rings. The molecule has 1 aliphatic carbocycles. The highest BCUT2D eigenvalue weighted by Crippen LogP contribution is 2.19. The average molecular weight is 210 g/mol. The van der Waals surface area contributed by atoms with E-state index in [-0.39, 0.29) is 6.04 Å². The van der Waals surface area contributed by atoms with E-state index < -0.39 is 0 Å². The van der Waals surface area contributed by atoms with Crippen LogP contribution in [0.5, 0.6) is 0 Å². The lowest BCUT2D eigenvalue weighted by Crippen LogP contribution is -2.44. The van der Waals surface area contributed by atoms with Gasteiger partial charge in [-0.05, 0) is 18.8 Å². The first-order chi connectivity index (χ1) is 7.28. The molecule has 3 nitrogen and oxygen atoms in total. The van der Waals surface area contributed by atoms with Crippen LogP contribution in [0.25, 0.3) is 0 Å². The third kappa shape index (κ3) is 3.03. The van der Waals surface area contributed by atoms with E-state index in [4.69, 9.17) is 10.5 Å². The van der Waals surface area contributed by atoms with Gasteiger partial charge in [0.2, 0.25) is 0 Å². The topological polar surface area (TPSA) is 38.5 Å². The summed E-state index contributed by atoms with van der Waals surface area (Å²) in [6.07, 6.45) is 7.10. The Hall–Kier alpha value is -0.380. The summed E-state index contributed by atoms with van der Waals surface area (Å²) in [4.78, 5) is 2.52. The number of rotatable bonds is 3. The molecule has 0 bridgehead atoms. The second-order valence-corrected chi connectivity index (χ2v) is 4.71. The monoisotopic (exact) mass is 210 g/mol. The summed E-state index contributed by atoms with van der Waals surface area (Å²) in [5.41, 5.74) is 5.85. The molecule has 2 rings (SSSR count). The van der Waals surface area contributed by atoms with Crippen molar-refractivity contribution in [3.63, 3.8) is 0 Å². The summed E-state index contributed by atoms with van der Waals surface area (Å²) in [7, 11) is 0. The standard InChI is InChI=1S/C12H22N2O/c1-2-12-9-14(5-6-15-12)8-10-3-4-11(13)7-10/h3-4,10-12H,2,5-9,13H2,1H3. The van der Waals surface area contributed by atoms with Crippen molar-refractivity contribution in [2.75, 3.05) is 26.2 Å². The van der Waals surface area contributed by atoms with Crippen LogP contribution in [-0.4, -0.2) is 43.3 Å². The minimum absolute atomic E-state index is 0.290. The van der Waals surface area contributed by atoms with Gasteiger partial charge in [0, 0.05) is 25.7 Å². The fourth-order valence-corrected chi connectivity index (χ4v) is 2.47. The van der Waals surface area contributed by atoms with Crippen LogP contribution >= 0.6 is 0 Å². The lowest BCUT2D eigenvalue weighted by atomic mass is 10.1. The first-order valence-corrected chi connectivity index (χ1v) is 6.05. The predicted molar refractivity (Wildman–Crippen MR) is 61.7 cm³/mol. The summed E-state index contributed by atoms with van der Waals surface area (Å²) in [6.45, 7) is 6.41. The number of ether oxygens (including phenoxy) is 1. The molecule has 0 radical (unpaired) electrons. The first kappa shape index (κ1) is 11.1. The zero-order valence-corrected chi connectivity index (χ0v) is 9.56. The van der Waals surface area contributed by atoms with Crippen LogP contribution in [-0.2, 0) is 4.74 Å². The summed E-state index contributed by atoms with van der Waals surface area (Å²) in [5, 5.41) is 0. The van der Waals surface area contributed by atoms with E-state index in [1.807, 2.05) is 0 Å². The zero-order chi connectivity index (χ0) is 10.7. The van der Waals surface area contributed by atoms with Gasteiger partial charge in [-0.2, -0.15) is 0 Å². The highest BCUT2D eigenvalue weighted by molar-refractivity contribution is 5.05. The van der Waals surface area contributed by atoms with Crippen molar-refractivity contribution < 1.29 is 4.74 Å². The van der Waals surface area contributed by atoms with Gasteiger partial charge >= 0.3 is 0 Å². The van der Waals surface area contributed by atoms with E-state index in [2.05, 4.69) is 24.0 Å². The Labute approximate surface area is 92.3 Å². The number of nitrogens with two attached hydrogens (primary N) is 1. The first-order valence-electron chi connectivity index (χ1n) is 6.05. The second kappa shape index (κ2) is 5.10. The van der Waals surface area contributed by atoms with Gasteiger partial charge in [-0.1, -0.05) is 19.1 Å². The molecule has 0 saturated carbocycles. The van der Waals surface area contributed by atoms with Gasteiger partial charge in [-0.3, -0.25) is 4.90 Å². The fraction of sp³-hybridized carbons (Fsp3) is 0.833. The molecule has 2 aliphatic rings. The molecule has 3 heteroatoms. The molecular formula is C12H22N2O. The zero-order valence-electron chi connectivity index (χ0n) is 9.56. The van der Waals surface area contributed by atoms with Gasteiger partial charge in [0.1, 0.15) is 0 Å². The van der Waals surface area contributed by atoms with Gasteiger partial charge in [0.25, 0.3) is 0 Å². The summed E-state index contributed by atoms with van der Waals surface area (Å²) in [5.74, 6) is 0.663. The van der Waals surface area contributed by atoms with Crippen molar-refractivity contribution >= 4 is 0 Å². The minimum atomic E-state index is 0.290. The lowest BCUT2D eigenvalue weighted by molar-refractivity contribution is -0.0324. The Bertz CT molecular complexity index is 230. The van der Waals surface area contributed by atoms with Crippen molar-refractivity contribution in [3.8, 4) is 0 Å². The normalized spacial score (nSPS) is 37.3. The Balaban J connectivity index is 1.77. The van der Waals surface area contributed by atoms with Crippen molar-refractivity contribution in [3.05, 3.63) is 12.2 Å². The molecule has 86 valence electrons. The second-order valence-electron chi connectivity index (χ2n) is 4.71. The Morgan fingerprint density at radius 2 is 2.33 bits per heavy atom. The van der Waals surface area contributed by atoms with Crippen molar-refractivity contribution in [1.82, 2.24) is 4.90 Å². The molecule has 3 unspecified atom stereocenters. The van der Waals surface area contributed by atoms with Crippen LogP contribution < -0.4 is 5.73 Å². The van der Waals surface area contributed by atoms with Crippen molar-refractivity contribution in [1.29, 1.82) is 0 Å². The van der Waals surface area contributed by atoms with Crippen molar-refractivity contribution in [2.45, 2.75) is 31.9 Å². The average Bonchev–Trinajstić information content (AvgIpc) is 2.64. The smallest absolute Gasteiger partial charge is 0.0700 e. The summed E-state index contributed by atoms with van der Waals surface area (Å²) >= 11 is 0. The maximum atomic E-state index is 5.85. The molecule has 1 heterocycles. The molecule has 0 spiro atoms. The molecule has 1 aliphatic heterocycles. The van der Waals surface area contributed by atoms with E-state index in [1.165, 1.54) is 0 Å². The van der Waals surface area contributed by atoms with Crippen LogP contribution in [0.3, 0.4) is 0 Å². The molecule has 0 aromatic carbocycles. The van der Waals surface area contributed by atoms with Crippen LogP contribution in [0.2, 0.25) is 0 Å². The highest BCUT2D eigenvalue weighted by Gasteiger charge is 2.23. The van der Waals surface area contributed by atoms with Crippen molar-refractivity contribution in [2.24, 2.45) is 11.7 Å².